The number of para-hydroxylation sites is 3. The second-order valence-electron chi connectivity index (χ2n) is 5.85. The lowest BCUT2D eigenvalue weighted by Crippen LogP contribution is -2.35. The van der Waals surface area contributed by atoms with Gasteiger partial charge in [0.2, 0.25) is 11.8 Å². The fraction of sp³-hybridized carbons (Fsp3) is 0.211. The monoisotopic (exact) mass is 335 g/mol. The molecule has 0 atom stereocenters. The fourth-order valence-corrected chi connectivity index (χ4v) is 2.60. The Morgan fingerprint density at radius 2 is 1.56 bits per heavy atom. The molecule has 0 aliphatic heterocycles. The summed E-state index contributed by atoms with van der Waals surface area (Å²) in [6.45, 7) is 0. The third kappa shape index (κ3) is 3.17. The van der Waals surface area contributed by atoms with Gasteiger partial charge in [-0.05, 0) is 37.1 Å². The molecule has 1 saturated carbocycles. The van der Waals surface area contributed by atoms with Gasteiger partial charge in [0.1, 0.15) is 17.2 Å². The average Bonchev–Trinajstić information content (AvgIpc) is 3.44. The minimum atomic E-state index is -1.11. The number of carbonyl (C=O) groups excluding carboxylic acids is 2. The topological polar surface area (TPSA) is 91.2 Å². The summed E-state index contributed by atoms with van der Waals surface area (Å²) in [5, 5.41) is 14.6. The molecule has 126 valence electrons. The van der Waals surface area contributed by atoms with E-state index in [2.05, 4.69) is 10.6 Å². The van der Waals surface area contributed by atoms with Crippen molar-refractivity contribution in [3.8, 4) is 11.8 Å². The molecule has 2 aromatic rings. The molecule has 1 aliphatic carbocycles. The van der Waals surface area contributed by atoms with E-state index in [4.69, 9.17) is 10.00 Å². The number of anilines is 2. The first-order valence-corrected chi connectivity index (χ1v) is 7.86. The third-order valence-electron chi connectivity index (χ3n) is 4.27. The maximum atomic E-state index is 12.7. The standard InChI is InChI=1S/C19H17N3O3/c1-25-16-9-5-4-8-15(16)22-18(24)19(10-11-19)17(23)21-14-7-3-2-6-13(14)12-20/h2-9H,10-11H2,1H3,(H,21,23)(H,22,24). The molecule has 2 aromatic carbocycles. The van der Waals surface area contributed by atoms with E-state index in [1.54, 1.807) is 48.5 Å². The van der Waals surface area contributed by atoms with Crippen LogP contribution < -0.4 is 15.4 Å². The Morgan fingerprint density at radius 1 is 1.00 bits per heavy atom. The first-order valence-electron chi connectivity index (χ1n) is 7.86. The van der Waals surface area contributed by atoms with Crippen molar-refractivity contribution in [3.63, 3.8) is 0 Å². The molecule has 0 radical (unpaired) electrons. The number of hydrogen-bond acceptors (Lipinski definition) is 4. The van der Waals surface area contributed by atoms with E-state index in [1.165, 1.54) is 7.11 Å². The van der Waals surface area contributed by atoms with Gasteiger partial charge in [-0.2, -0.15) is 5.26 Å². The lowest BCUT2D eigenvalue weighted by atomic mass is 10.0. The zero-order valence-corrected chi connectivity index (χ0v) is 13.7. The Morgan fingerprint density at radius 3 is 2.16 bits per heavy atom. The zero-order chi connectivity index (χ0) is 17.9. The lowest BCUT2D eigenvalue weighted by Gasteiger charge is -2.17. The molecule has 2 N–H and O–H groups in total. The van der Waals surface area contributed by atoms with Crippen LogP contribution in [0.4, 0.5) is 11.4 Å². The van der Waals surface area contributed by atoms with Crippen LogP contribution in [0.2, 0.25) is 0 Å². The van der Waals surface area contributed by atoms with Gasteiger partial charge < -0.3 is 15.4 Å². The van der Waals surface area contributed by atoms with Crippen LogP contribution in [0.1, 0.15) is 18.4 Å². The number of benzene rings is 2. The van der Waals surface area contributed by atoms with Gasteiger partial charge in [-0.25, -0.2) is 0 Å². The summed E-state index contributed by atoms with van der Waals surface area (Å²) in [5.41, 5.74) is 0.179. The second-order valence-corrected chi connectivity index (χ2v) is 5.85. The smallest absolute Gasteiger partial charge is 0.240 e. The van der Waals surface area contributed by atoms with E-state index in [-0.39, 0.29) is 5.91 Å². The van der Waals surface area contributed by atoms with Crippen LogP contribution in [0.15, 0.2) is 48.5 Å². The summed E-state index contributed by atoms with van der Waals surface area (Å²) < 4.78 is 5.21. The number of nitrogens with zero attached hydrogens (tertiary/aromatic N) is 1. The molecule has 6 nitrogen and oxygen atoms in total. The van der Waals surface area contributed by atoms with Crippen LogP contribution in [0.25, 0.3) is 0 Å². The molecule has 25 heavy (non-hydrogen) atoms. The molecule has 0 aromatic heterocycles. The van der Waals surface area contributed by atoms with Crippen molar-refractivity contribution in [2.75, 3.05) is 17.7 Å². The highest BCUT2D eigenvalue weighted by molar-refractivity contribution is 6.17. The molecule has 0 bridgehead atoms. The van der Waals surface area contributed by atoms with Gasteiger partial charge in [-0.15, -0.1) is 0 Å². The summed E-state index contributed by atoms with van der Waals surface area (Å²) in [5.74, 6) is -0.242. The molecule has 1 aliphatic rings. The van der Waals surface area contributed by atoms with Gasteiger partial charge >= 0.3 is 0 Å². The number of nitrogens with one attached hydrogen (secondary N) is 2. The molecule has 1 fully saturated rings. The third-order valence-corrected chi connectivity index (χ3v) is 4.27. The highest BCUT2D eigenvalue weighted by atomic mass is 16.5. The Bertz CT molecular complexity index is 866. The summed E-state index contributed by atoms with van der Waals surface area (Å²) in [6.07, 6.45) is 0.934. The summed E-state index contributed by atoms with van der Waals surface area (Å²) in [7, 11) is 1.52. The zero-order valence-electron chi connectivity index (χ0n) is 13.7. The molecular formula is C19H17N3O3. The number of amides is 2. The fourth-order valence-electron chi connectivity index (χ4n) is 2.60. The highest BCUT2D eigenvalue weighted by Gasteiger charge is 2.56. The second kappa shape index (κ2) is 6.65. The maximum Gasteiger partial charge on any atom is 0.240 e. The van der Waals surface area contributed by atoms with Crippen LogP contribution in [0.5, 0.6) is 5.75 Å². The van der Waals surface area contributed by atoms with Crippen molar-refractivity contribution < 1.29 is 14.3 Å². The Balaban J connectivity index is 1.76. The normalized spacial score (nSPS) is 14.1. The number of nitriles is 1. The van der Waals surface area contributed by atoms with Gasteiger partial charge in [-0.1, -0.05) is 24.3 Å². The molecule has 6 heteroatoms. The van der Waals surface area contributed by atoms with Gasteiger partial charge in [0.05, 0.1) is 24.0 Å². The van der Waals surface area contributed by atoms with Crippen LogP contribution in [-0.4, -0.2) is 18.9 Å². The molecular weight excluding hydrogens is 318 g/mol. The summed E-state index contributed by atoms with van der Waals surface area (Å²) in [6, 6.07) is 15.8. The molecule has 2 amide bonds. The Labute approximate surface area is 145 Å². The van der Waals surface area contributed by atoms with Gasteiger partial charge in [0.15, 0.2) is 0 Å². The van der Waals surface area contributed by atoms with E-state index in [9.17, 15) is 9.59 Å². The first kappa shape index (κ1) is 16.5. The lowest BCUT2D eigenvalue weighted by molar-refractivity contribution is -0.131. The van der Waals surface area contributed by atoms with Gasteiger partial charge in [0.25, 0.3) is 0 Å². The van der Waals surface area contributed by atoms with E-state index in [0.29, 0.717) is 35.5 Å². The SMILES string of the molecule is COc1ccccc1NC(=O)C1(C(=O)Nc2ccccc2C#N)CC1. The molecule has 0 spiro atoms. The van der Waals surface area contributed by atoms with E-state index >= 15 is 0 Å². The van der Waals surface area contributed by atoms with Gasteiger partial charge in [-0.3, -0.25) is 9.59 Å². The first-order chi connectivity index (χ1) is 12.1. The molecule has 0 unspecified atom stereocenters. The molecule has 0 saturated heterocycles. The predicted octanol–water partition coefficient (Wildman–Crippen LogP) is 2.92. The van der Waals surface area contributed by atoms with E-state index in [1.807, 2.05) is 6.07 Å². The number of rotatable bonds is 5. The minimum Gasteiger partial charge on any atom is -0.495 e. The predicted molar refractivity (Wildman–Crippen MR) is 93.1 cm³/mol. The van der Waals surface area contributed by atoms with Gasteiger partial charge in [0, 0.05) is 0 Å². The van der Waals surface area contributed by atoms with Crippen molar-refractivity contribution in [1.29, 1.82) is 5.26 Å². The maximum absolute atomic E-state index is 12.7. The number of carbonyl (C=O) groups is 2. The quantitative estimate of drug-likeness (QED) is 0.822. The van der Waals surface area contributed by atoms with Crippen molar-refractivity contribution in [1.82, 2.24) is 0 Å². The summed E-state index contributed by atoms with van der Waals surface area (Å²) >= 11 is 0. The Hall–Kier alpha value is -3.33. The van der Waals surface area contributed by atoms with E-state index in [0.717, 1.165) is 0 Å². The summed E-state index contributed by atoms with van der Waals surface area (Å²) in [4.78, 5) is 25.3. The molecule has 0 heterocycles. The number of hydrogen-bond donors (Lipinski definition) is 2. The number of methoxy groups -OCH3 is 1. The Kier molecular flexibility index (Phi) is 4.40. The van der Waals surface area contributed by atoms with Crippen LogP contribution in [0, 0.1) is 16.7 Å². The number of ether oxygens (including phenoxy) is 1. The van der Waals surface area contributed by atoms with Crippen molar-refractivity contribution in [2.45, 2.75) is 12.8 Å². The highest BCUT2D eigenvalue weighted by Crippen LogP contribution is 2.48. The van der Waals surface area contributed by atoms with Crippen molar-refractivity contribution in [3.05, 3.63) is 54.1 Å². The van der Waals surface area contributed by atoms with Crippen LogP contribution in [-0.2, 0) is 9.59 Å². The average molecular weight is 335 g/mol. The van der Waals surface area contributed by atoms with Crippen molar-refractivity contribution in [2.24, 2.45) is 5.41 Å². The van der Waals surface area contributed by atoms with Crippen LogP contribution in [0.3, 0.4) is 0 Å². The van der Waals surface area contributed by atoms with E-state index < -0.39 is 11.3 Å². The minimum absolute atomic E-state index is 0.358. The van der Waals surface area contributed by atoms with Crippen LogP contribution >= 0.6 is 0 Å². The molecule has 3 rings (SSSR count). The van der Waals surface area contributed by atoms with Crippen molar-refractivity contribution >= 4 is 23.2 Å². The largest absolute Gasteiger partial charge is 0.495 e.